The summed E-state index contributed by atoms with van der Waals surface area (Å²) in [6.45, 7) is 0. The highest BCUT2D eigenvalue weighted by Crippen LogP contribution is 2.28. The Balaban J connectivity index is 2.58. The fourth-order valence-electron chi connectivity index (χ4n) is 1.46. The number of aromatic nitrogens is 2. The molecule has 2 aromatic rings. The van der Waals surface area contributed by atoms with Crippen LogP contribution >= 0.6 is 0 Å². The van der Waals surface area contributed by atoms with Gasteiger partial charge in [0.15, 0.2) is 12.1 Å². The van der Waals surface area contributed by atoms with Gasteiger partial charge >= 0.3 is 0 Å². The Morgan fingerprint density at radius 1 is 1.35 bits per heavy atom. The summed E-state index contributed by atoms with van der Waals surface area (Å²) in [4.78, 5) is 18.3. The van der Waals surface area contributed by atoms with E-state index < -0.39 is 5.82 Å². The minimum Gasteiger partial charge on any atom is -0.496 e. The average molecular weight is 232 g/mol. The quantitative estimate of drug-likeness (QED) is 0.760. The molecule has 1 aromatic carbocycles. The summed E-state index contributed by atoms with van der Waals surface area (Å²) in [6, 6.07) is 5.69. The van der Waals surface area contributed by atoms with E-state index in [0.29, 0.717) is 23.3 Å². The van der Waals surface area contributed by atoms with E-state index in [1.807, 2.05) is 0 Å². The van der Waals surface area contributed by atoms with Gasteiger partial charge in [0.25, 0.3) is 0 Å². The SMILES string of the molecule is COc1ccc(F)cc1-c1ccnc(C=O)n1. The van der Waals surface area contributed by atoms with Crippen molar-refractivity contribution in [2.24, 2.45) is 0 Å². The van der Waals surface area contributed by atoms with Crippen LogP contribution in [0.2, 0.25) is 0 Å². The van der Waals surface area contributed by atoms with E-state index in [2.05, 4.69) is 9.97 Å². The first-order valence-electron chi connectivity index (χ1n) is 4.86. The molecule has 0 bridgehead atoms. The molecule has 0 aliphatic rings. The molecule has 0 aliphatic carbocycles. The summed E-state index contributed by atoms with van der Waals surface area (Å²) in [6.07, 6.45) is 1.98. The Morgan fingerprint density at radius 3 is 2.88 bits per heavy atom. The van der Waals surface area contributed by atoms with Gasteiger partial charge in [-0.1, -0.05) is 0 Å². The number of benzene rings is 1. The minimum atomic E-state index is -0.396. The van der Waals surface area contributed by atoms with Crippen molar-refractivity contribution >= 4 is 6.29 Å². The van der Waals surface area contributed by atoms with Gasteiger partial charge in [0.1, 0.15) is 11.6 Å². The molecule has 0 saturated heterocycles. The summed E-state index contributed by atoms with van der Waals surface area (Å²) < 4.78 is 18.3. The molecule has 1 heterocycles. The van der Waals surface area contributed by atoms with Gasteiger partial charge in [-0.05, 0) is 24.3 Å². The van der Waals surface area contributed by atoms with Crippen LogP contribution in [0.15, 0.2) is 30.5 Å². The fourth-order valence-corrected chi connectivity index (χ4v) is 1.46. The Hall–Kier alpha value is -2.30. The molecule has 0 radical (unpaired) electrons. The highest BCUT2D eigenvalue weighted by molar-refractivity contribution is 5.72. The van der Waals surface area contributed by atoms with Gasteiger partial charge in [-0.25, -0.2) is 14.4 Å². The van der Waals surface area contributed by atoms with Crippen molar-refractivity contribution in [1.82, 2.24) is 9.97 Å². The average Bonchev–Trinajstić information content (AvgIpc) is 2.39. The Bertz CT molecular complexity index is 558. The summed E-state index contributed by atoms with van der Waals surface area (Å²) in [5.74, 6) is 0.142. The maximum Gasteiger partial charge on any atom is 0.193 e. The maximum absolute atomic E-state index is 13.2. The largest absolute Gasteiger partial charge is 0.496 e. The third-order valence-electron chi connectivity index (χ3n) is 2.22. The molecule has 0 aliphatic heterocycles. The molecule has 0 atom stereocenters. The van der Waals surface area contributed by atoms with Crippen LogP contribution in [0.1, 0.15) is 10.6 Å². The number of carbonyl (C=O) groups excluding carboxylic acids is 1. The number of carbonyl (C=O) groups is 1. The zero-order valence-electron chi connectivity index (χ0n) is 9.05. The summed E-state index contributed by atoms with van der Waals surface area (Å²) in [5, 5.41) is 0. The van der Waals surface area contributed by atoms with E-state index in [9.17, 15) is 9.18 Å². The molecule has 0 saturated carbocycles. The molecule has 0 unspecified atom stereocenters. The molecule has 86 valence electrons. The third kappa shape index (κ3) is 2.28. The second-order valence-electron chi connectivity index (χ2n) is 3.26. The molecule has 0 fully saturated rings. The predicted octanol–water partition coefficient (Wildman–Crippen LogP) is 2.10. The molecule has 17 heavy (non-hydrogen) atoms. The standard InChI is InChI=1S/C12H9FN2O2/c1-17-11-3-2-8(13)6-9(11)10-4-5-14-12(7-16)15-10/h2-7H,1H3. The molecule has 0 spiro atoms. The number of rotatable bonds is 3. The zero-order chi connectivity index (χ0) is 12.3. The Kier molecular flexibility index (Phi) is 3.09. The number of methoxy groups -OCH3 is 1. The fraction of sp³-hybridized carbons (Fsp3) is 0.0833. The molecule has 0 amide bonds. The van der Waals surface area contributed by atoms with Gasteiger partial charge in [-0.2, -0.15) is 0 Å². The van der Waals surface area contributed by atoms with Crippen molar-refractivity contribution < 1.29 is 13.9 Å². The van der Waals surface area contributed by atoms with Crippen LogP contribution in [0, 0.1) is 5.82 Å². The smallest absolute Gasteiger partial charge is 0.193 e. The summed E-state index contributed by atoms with van der Waals surface area (Å²) in [7, 11) is 1.48. The molecule has 1 aromatic heterocycles. The molecule has 5 heteroatoms. The second kappa shape index (κ2) is 4.69. The lowest BCUT2D eigenvalue weighted by atomic mass is 10.1. The number of ether oxygens (including phenoxy) is 1. The van der Waals surface area contributed by atoms with Crippen molar-refractivity contribution in [1.29, 1.82) is 0 Å². The molecular weight excluding hydrogens is 223 g/mol. The number of hydrogen-bond donors (Lipinski definition) is 0. The van der Waals surface area contributed by atoms with E-state index in [-0.39, 0.29) is 5.82 Å². The lowest BCUT2D eigenvalue weighted by Gasteiger charge is -2.07. The van der Waals surface area contributed by atoms with Crippen LogP contribution in [-0.2, 0) is 0 Å². The van der Waals surface area contributed by atoms with Gasteiger partial charge < -0.3 is 4.74 Å². The van der Waals surface area contributed by atoms with Crippen molar-refractivity contribution in [2.45, 2.75) is 0 Å². The van der Waals surface area contributed by atoms with E-state index in [0.717, 1.165) is 0 Å². The van der Waals surface area contributed by atoms with Gasteiger partial charge in [0, 0.05) is 11.8 Å². The predicted molar refractivity (Wildman–Crippen MR) is 59.4 cm³/mol. The van der Waals surface area contributed by atoms with Crippen molar-refractivity contribution in [2.75, 3.05) is 7.11 Å². The molecule has 0 N–H and O–H groups in total. The van der Waals surface area contributed by atoms with Crippen LogP contribution in [0.25, 0.3) is 11.3 Å². The van der Waals surface area contributed by atoms with Gasteiger partial charge in [-0.15, -0.1) is 0 Å². The highest BCUT2D eigenvalue weighted by Gasteiger charge is 2.09. The number of aldehydes is 1. The van der Waals surface area contributed by atoms with E-state index in [1.165, 1.54) is 31.5 Å². The lowest BCUT2D eigenvalue weighted by Crippen LogP contribution is -1.96. The van der Waals surface area contributed by atoms with Crippen LogP contribution in [-0.4, -0.2) is 23.4 Å². The number of halogens is 1. The van der Waals surface area contributed by atoms with Crippen molar-refractivity contribution in [3.63, 3.8) is 0 Å². The van der Waals surface area contributed by atoms with Gasteiger partial charge in [0.05, 0.1) is 12.8 Å². The Morgan fingerprint density at radius 2 is 2.18 bits per heavy atom. The molecular formula is C12H9FN2O2. The first-order valence-corrected chi connectivity index (χ1v) is 4.86. The summed E-state index contributed by atoms with van der Waals surface area (Å²) >= 11 is 0. The third-order valence-corrected chi connectivity index (χ3v) is 2.22. The minimum absolute atomic E-state index is 0.0498. The lowest BCUT2D eigenvalue weighted by molar-refractivity contribution is 0.111. The monoisotopic (exact) mass is 232 g/mol. The van der Waals surface area contributed by atoms with E-state index in [4.69, 9.17) is 4.74 Å². The Labute approximate surface area is 97.1 Å². The molecule has 2 rings (SSSR count). The highest BCUT2D eigenvalue weighted by atomic mass is 19.1. The van der Waals surface area contributed by atoms with Crippen LogP contribution < -0.4 is 4.74 Å². The van der Waals surface area contributed by atoms with E-state index >= 15 is 0 Å². The normalized spacial score (nSPS) is 10.0. The van der Waals surface area contributed by atoms with Crippen molar-refractivity contribution in [3.8, 4) is 17.0 Å². The second-order valence-corrected chi connectivity index (χ2v) is 3.26. The topological polar surface area (TPSA) is 52.1 Å². The molecule has 4 nitrogen and oxygen atoms in total. The van der Waals surface area contributed by atoms with E-state index in [1.54, 1.807) is 6.07 Å². The number of nitrogens with zero attached hydrogens (tertiary/aromatic N) is 2. The maximum atomic E-state index is 13.2. The number of hydrogen-bond acceptors (Lipinski definition) is 4. The van der Waals surface area contributed by atoms with Crippen LogP contribution in [0.3, 0.4) is 0 Å². The zero-order valence-corrected chi connectivity index (χ0v) is 9.05. The van der Waals surface area contributed by atoms with Crippen LogP contribution in [0.4, 0.5) is 4.39 Å². The van der Waals surface area contributed by atoms with Gasteiger partial charge in [0.2, 0.25) is 0 Å². The first kappa shape index (κ1) is 11.2. The van der Waals surface area contributed by atoms with Crippen LogP contribution in [0.5, 0.6) is 5.75 Å². The first-order chi connectivity index (χ1) is 8.24. The summed E-state index contributed by atoms with van der Waals surface area (Å²) in [5.41, 5.74) is 0.927. The van der Waals surface area contributed by atoms with Crippen molar-refractivity contribution in [3.05, 3.63) is 42.1 Å². The van der Waals surface area contributed by atoms with Gasteiger partial charge in [-0.3, -0.25) is 4.79 Å².